The Morgan fingerprint density at radius 1 is 0.879 bits per heavy atom. The molecule has 0 spiro atoms. The van der Waals surface area contributed by atoms with Crippen LogP contribution in [-0.2, 0) is 19.7 Å². The van der Waals surface area contributed by atoms with Crippen LogP contribution in [-0.4, -0.2) is 23.1 Å². The smallest absolute Gasteiger partial charge is 0.356 e. The van der Waals surface area contributed by atoms with Gasteiger partial charge in [-0.15, -0.1) is 0 Å². The Kier molecular flexibility index (Phi) is 4.41. The van der Waals surface area contributed by atoms with E-state index in [9.17, 15) is 9.59 Å². The fourth-order valence-electron chi connectivity index (χ4n) is 6.33. The number of rotatable bonds is 3. The molecule has 0 amide bonds. The highest BCUT2D eigenvalue weighted by Gasteiger charge is 2.76. The summed E-state index contributed by atoms with van der Waals surface area (Å²) in [4.78, 5) is 25.8. The van der Waals surface area contributed by atoms with Crippen LogP contribution in [0.3, 0.4) is 0 Å². The van der Waals surface area contributed by atoms with Crippen molar-refractivity contribution in [3.05, 3.63) is 59.7 Å². The van der Waals surface area contributed by atoms with Crippen molar-refractivity contribution in [3.63, 3.8) is 0 Å². The van der Waals surface area contributed by atoms with E-state index < -0.39 is 22.4 Å². The topological polar surface area (TPSA) is 61.8 Å². The SMILES string of the molecule is CC1(C)CC(C)(c2ccc(OC(=O)C34CCC(C)(C(=O)O3)C4(C)C)cc2)c2ccccc2O1. The lowest BCUT2D eigenvalue weighted by molar-refractivity contribution is -0.176. The summed E-state index contributed by atoms with van der Waals surface area (Å²) >= 11 is 0. The molecule has 3 aliphatic rings. The van der Waals surface area contributed by atoms with E-state index in [4.69, 9.17) is 14.2 Å². The molecular weight excluding hydrogens is 416 g/mol. The Morgan fingerprint density at radius 3 is 2.15 bits per heavy atom. The second-order valence-electron chi connectivity index (χ2n) is 11.5. The molecule has 1 saturated carbocycles. The van der Waals surface area contributed by atoms with Gasteiger partial charge in [-0.05, 0) is 57.4 Å². The lowest BCUT2D eigenvalue weighted by Gasteiger charge is -2.44. The normalized spacial score (nSPS) is 33.1. The maximum Gasteiger partial charge on any atom is 0.356 e. The van der Waals surface area contributed by atoms with E-state index in [2.05, 4.69) is 26.8 Å². The fraction of sp³-hybridized carbons (Fsp3) is 0.500. The van der Waals surface area contributed by atoms with Gasteiger partial charge in [-0.1, -0.05) is 51.1 Å². The van der Waals surface area contributed by atoms with Gasteiger partial charge in [0, 0.05) is 22.8 Å². The summed E-state index contributed by atoms with van der Waals surface area (Å²) in [6.45, 7) is 12.2. The first-order chi connectivity index (χ1) is 15.3. The number of carbonyl (C=O) groups excluding carboxylic acids is 2. The molecule has 0 radical (unpaired) electrons. The van der Waals surface area contributed by atoms with E-state index in [0.717, 1.165) is 23.3 Å². The summed E-state index contributed by atoms with van der Waals surface area (Å²) in [6.07, 6.45) is 1.94. The second-order valence-corrected chi connectivity index (χ2v) is 11.5. The Bertz CT molecular complexity index is 1150. The zero-order valence-electron chi connectivity index (χ0n) is 20.3. The molecule has 2 bridgehead atoms. The molecule has 174 valence electrons. The fourth-order valence-corrected chi connectivity index (χ4v) is 6.33. The molecular formula is C28H32O5. The molecule has 1 aliphatic carbocycles. The molecule has 0 N–H and O–H groups in total. The van der Waals surface area contributed by atoms with Gasteiger partial charge < -0.3 is 14.2 Å². The third-order valence-corrected chi connectivity index (χ3v) is 8.76. The van der Waals surface area contributed by atoms with Crippen LogP contribution in [0.2, 0.25) is 0 Å². The van der Waals surface area contributed by atoms with E-state index in [1.807, 2.05) is 63.2 Å². The molecule has 5 rings (SSSR count). The van der Waals surface area contributed by atoms with Crippen LogP contribution in [0.15, 0.2) is 48.5 Å². The third-order valence-electron chi connectivity index (χ3n) is 8.76. The standard InChI is InChI=1S/C28H32O5/c1-24(2)17-26(5,20-9-7-8-10-21(20)32-24)18-11-13-19(14-12-18)31-23(30)28-16-15-27(6,22(29)33-28)25(28,3)4/h7-14H,15-17H2,1-6H3. The van der Waals surface area contributed by atoms with Gasteiger partial charge in [0.15, 0.2) is 0 Å². The number of hydrogen-bond acceptors (Lipinski definition) is 5. The number of benzene rings is 2. The quantitative estimate of drug-likeness (QED) is 0.453. The zero-order chi connectivity index (χ0) is 23.9. The van der Waals surface area contributed by atoms with Crippen molar-refractivity contribution in [1.82, 2.24) is 0 Å². The summed E-state index contributed by atoms with van der Waals surface area (Å²) in [6, 6.07) is 15.9. The van der Waals surface area contributed by atoms with Crippen molar-refractivity contribution >= 4 is 11.9 Å². The van der Waals surface area contributed by atoms with Crippen LogP contribution in [0, 0.1) is 10.8 Å². The summed E-state index contributed by atoms with van der Waals surface area (Å²) in [7, 11) is 0. The number of fused-ring (bicyclic) bond motifs is 3. The molecule has 33 heavy (non-hydrogen) atoms. The molecule has 5 nitrogen and oxygen atoms in total. The Morgan fingerprint density at radius 2 is 1.55 bits per heavy atom. The molecule has 5 heteroatoms. The maximum atomic E-state index is 13.3. The Hall–Kier alpha value is -2.82. The number of hydrogen-bond donors (Lipinski definition) is 0. The van der Waals surface area contributed by atoms with Gasteiger partial charge in [0.05, 0.1) is 5.41 Å². The average Bonchev–Trinajstić information content (AvgIpc) is 3.04. The lowest BCUT2D eigenvalue weighted by atomic mass is 9.66. The van der Waals surface area contributed by atoms with Crippen molar-refractivity contribution < 1.29 is 23.8 Å². The molecule has 0 aromatic heterocycles. The van der Waals surface area contributed by atoms with Gasteiger partial charge in [0.2, 0.25) is 5.60 Å². The molecule has 3 unspecified atom stereocenters. The van der Waals surface area contributed by atoms with Crippen LogP contribution in [0.25, 0.3) is 0 Å². The average molecular weight is 449 g/mol. The predicted octanol–water partition coefficient (Wildman–Crippen LogP) is 5.58. The van der Waals surface area contributed by atoms with Gasteiger partial charge in [0.1, 0.15) is 17.1 Å². The van der Waals surface area contributed by atoms with Crippen LogP contribution >= 0.6 is 0 Å². The largest absolute Gasteiger partial charge is 0.488 e. The monoisotopic (exact) mass is 448 g/mol. The Labute approximate surface area is 195 Å². The molecule has 2 fully saturated rings. The van der Waals surface area contributed by atoms with Gasteiger partial charge in [-0.3, -0.25) is 4.79 Å². The first kappa shape index (κ1) is 22.0. The van der Waals surface area contributed by atoms with Gasteiger partial charge in [-0.2, -0.15) is 0 Å². The summed E-state index contributed by atoms with van der Waals surface area (Å²) < 4.78 is 17.7. The predicted molar refractivity (Wildman–Crippen MR) is 124 cm³/mol. The highest BCUT2D eigenvalue weighted by molar-refractivity contribution is 5.94. The first-order valence-electron chi connectivity index (χ1n) is 11.7. The van der Waals surface area contributed by atoms with E-state index in [1.165, 1.54) is 0 Å². The van der Waals surface area contributed by atoms with Gasteiger partial charge >= 0.3 is 11.9 Å². The van der Waals surface area contributed by atoms with Gasteiger partial charge in [0.25, 0.3) is 0 Å². The molecule has 3 atom stereocenters. The molecule has 2 aliphatic heterocycles. The lowest BCUT2D eigenvalue weighted by Crippen LogP contribution is -2.50. The molecule has 2 aromatic rings. The third kappa shape index (κ3) is 2.84. The summed E-state index contributed by atoms with van der Waals surface area (Å²) in [5.74, 6) is 0.562. The molecule has 2 aromatic carbocycles. The minimum atomic E-state index is -1.23. The van der Waals surface area contributed by atoms with Crippen LogP contribution in [0.1, 0.15) is 71.9 Å². The van der Waals surface area contributed by atoms with Crippen LogP contribution < -0.4 is 9.47 Å². The highest BCUT2D eigenvalue weighted by Crippen LogP contribution is 2.65. The van der Waals surface area contributed by atoms with Crippen molar-refractivity contribution in [1.29, 1.82) is 0 Å². The first-order valence-corrected chi connectivity index (χ1v) is 11.7. The van der Waals surface area contributed by atoms with Crippen LogP contribution in [0.4, 0.5) is 0 Å². The molecule has 2 heterocycles. The van der Waals surface area contributed by atoms with Gasteiger partial charge in [-0.25, -0.2) is 4.79 Å². The maximum absolute atomic E-state index is 13.3. The second kappa shape index (κ2) is 6.62. The number of carbonyl (C=O) groups is 2. The number of ether oxygens (including phenoxy) is 3. The van der Waals surface area contributed by atoms with E-state index in [-0.39, 0.29) is 17.0 Å². The highest BCUT2D eigenvalue weighted by atomic mass is 16.6. The number of esters is 2. The molecule has 1 saturated heterocycles. The Balaban J connectivity index is 1.43. The summed E-state index contributed by atoms with van der Waals surface area (Å²) in [5, 5.41) is 0. The van der Waals surface area contributed by atoms with Crippen LogP contribution in [0.5, 0.6) is 11.5 Å². The van der Waals surface area contributed by atoms with Crippen molar-refractivity contribution in [2.24, 2.45) is 10.8 Å². The van der Waals surface area contributed by atoms with E-state index in [0.29, 0.717) is 18.6 Å². The van der Waals surface area contributed by atoms with Crippen molar-refractivity contribution in [2.45, 2.75) is 77.4 Å². The van der Waals surface area contributed by atoms with Crippen molar-refractivity contribution in [3.8, 4) is 11.5 Å². The van der Waals surface area contributed by atoms with E-state index >= 15 is 0 Å². The minimum Gasteiger partial charge on any atom is -0.488 e. The summed E-state index contributed by atoms with van der Waals surface area (Å²) in [5.41, 5.74) is -0.779. The zero-order valence-corrected chi connectivity index (χ0v) is 20.3. The van der Waals surface area contributed by atoms with E-state index in [1.54, 1.807) is 0 Å². The number of para-hydroxylation sites is 1. The van der Waals surface area contributed by atoms with Crippen molar-refractivity contribution in [2.75, 3.05) is 0 Å². The minimum absolute atomic E-state index is 0.240.